The summed E-state index contributed by atoms with van der Waals surface area (Å²) in [5.74, 6) is -1.29. The minimum atomic E-state index is -3.91. The van der Waals surface area contributed by atoms with E-state index in [1.807, 2.05) is 30.0 Å². The molecule has 0 unspecified atom stereocenters. The van der Waals surface area contributed by atoms with Crippen molar-refractivity contribution in [3.05, 3.63) is 93.7 Å². The summed E-state index contributed by atoms with van der Waals surface area (Å²) in [7, 11) is -3.91. The first-order valence-corrected chi connectivity index (χ1v) is 15.1. The summed E-state index contributed by atoms with van der Waals surface area (Å²) in [5.41, 5.74) is 2.99. The summed E-state index contributed by atoms with van der Waals surface area (Å²) in [6.45, 7) is 4.60. The summed E-state index contributed by atoms with van der Waals surface area (Å²) in [6.07, 6.45) is 0.438. The van der Waals surface area contributed by atoms with Gasteiger partial charge in [-0.1, -0.05) is 53.5 Å². The Hall–Kier alpha value is -2.65. The van der Waals surface area contributed by atoms with Gasteiger partial charge in [-0.15, -0.1) is 0 Å². The Morgan fingerprint density at radius 2 is 1.62 bits per heavy atom. The van der Waals surface area contributed by atoms with Crippen LogP contribution >= 0.6 is 23.2 Å². The molecular weight excluding hydrogens is 560 g/mol. The molecule has 0 aromatic heterocycles. The number of hydrogen-bond donors (Lipinski definition) is 0. The number of piperidine rings is 1. The molecule has 39 heavy (non-hydrogen) atoms. The van der Waals surface area contributed by atoms with Gasteiger partial charge in [-0.3, -0.25) is 4.79 Å². The molecular formula is C29H30Cl2FN3O3S. The van der Waals surface area contributed by atoms with Crippen LogP contribution in [-0.2, 0) is 14.8 Å². The third-order valence-corrected chi connectivity index (χ3v) is 10.3. The fourth-order valence-corrected chi connectivity index (χ4v) is 7.76. The molecule has 2 saturated heterocycles. The van der Waals surface area contributed by atoms with Gasteiger partial charge in [0.2, 0.25) is 15.9 Å². The fraction of sp³-hybridized carbons (Fsp3) is 0.345. The van der Waals surface area contributed by atoms with Crippen molar-refractivity contribution in [2.45, 2.75) is 24.2 Å². The smallest absolute Gasteiger partial charge is 0.244 e. The predicted octanol–water partition coefficient (Wildman–Crippen LogP) is 5.58. The van der Waals surface area contributed by atoms with Crippen LogP contribution in [0.1, 0.15) is 23.5 Å². The van der Waals surface area contributed by atoms with Gasteiger partial charge in [0, 0.05) is 50.0 Å². The minimum Gasteiger partial charge on any atom is -0.368 e. The number of amides is 1. The first kappa shape index (κ1) is 27.9. The number of benzene rings is 3. The van der Waals surface area contributed by atoms with Crippen molar-refractivity contribution in [1.29, 1.82) is 0 Å². The van der Waals surface area contributed by atoms with Crippen LogP contribution in [0.5, 0.6) is 0 Å². The molecule has 0 spiro atoms. The lowest BCUT2D eigenvalue weighted by Gasteiger charge is -2.42. The molecule has 6 nitrogen and oxygen atoms in total. The number of carbonyl (C=O) groups is 1. The Bertz CT molecular complexity index is 1460. The number of carbonyl (C=O) groups excluding carboxylic acids is 1. The number of halogens is 3. The van der Waals surface area contributed by atoms with E-state index >= 15 is 0 Å². The zero-order valence-electron chi connectivity index (χ0n) is 21.6. The van der Waals surface area contributed by atoms with Gasteiger partial charge in [0.25, 0.3) is 0 Å². The Balaban J connectivity index is 1.39. The standard InChI is InChI=1S/C29H30Cl2FN3O3S/c1-20-6-9-22(30)18-27(20)33-14-16-34(17-15-33)29(36)25-19-35(39(37,38)28-5-3-2-4-26(28)31)13-12-24(25)21-7-10-23(32)11-8-21/h2-11,18,24-25H,12-17,19H2,1H3/t24-,25+/m0/s1. The highest BCUT2D eigenvalue weighted by atomic mass is 35.5. The average Bonchev–Trinajstić information content (AvgIpc) is 2.94. The van der Waals surface area contributed by atoms with E-state index in [0.717, 1.165) is 16.8 Å². The number of hydrogen-bond acceptors (Lipinski definition) is 4. The van der Waals surface area contributed by atoms with Gasteiger partial charge in [0.15, 0.2) is 0 Å². The van der Waals surface area contributed by atoms with E-state index in [9.17, 15) is 17.6 Å². The first-order valence-electron chi connectivity index (χ1n) is 12.9. The Morgan fingerprint density at radius 1 is 0.923 bits per heavy atom. The Morgan fingerprint density at radius 3 is 2.31 bits per heavy atom. The highest BCUT2D eigenvalue weighted by Gasteiger charge is 2.42. The third kappa shape index (κ3) is 5.80. The zero-order chi connectivity index (χ0) is 27.7. The van der Waals surface area contributed by atoms with Gasteiger partial charge in [0.1, 0.15) is 10.7 Å². The molecule has 1 amide bonds. The van der Waals surface area contributed by atoms with E-state index in [0.29, 0.717) is 37.6 Å². The van der Waals surface area contributed by atoms with Crippen molar-refractivity contribution in [3.63, 3.8) is 0 Å². The van der Waals surface area contributed by atoms with Crippen LogP contribution in [-0.4, -0.2) is 62.8 Å². The molecule has 0 radical (unpaired) electrons. The molecule has 2 fully saturated rings. The molecule has 3 aromatic rings. The normalized spacial score (nSPS) is 20.7. The number of nitrogens with zero attached hydrogens (tertiary/aromatic N) is 3. The lowest BCUT2D eigenvalue weighted by Crippen LogP contribution is -2.54. The molecule has 5 rings (SSSR count). The fourth-order valence-electron chi connectivity index (χ4n) is 5.62. The van der Waals surface area contributed by atoms with Crippen molar-refractivity contribution in [2.24, 2.45) is 5.92 Å². The maximum absolute atomic E-state index is 14.0. The molecule has 2 aliphatic heterocycles. The SMILES string of the molecule is Cc1ccc(Cl)cc1N1CCN(C(=O)[C@@H]2CN(S(=O)(=O)c3ccccc3Cl)CC[C@H]2c2ccc(F)cc2)CC1. The van der Waals surface area contributed by atoms with Gasteiger partial charge in [0.05, 0.1) is 10.9 Å². The molecule has 10 heteroatoms. The van der Waals surface area contributed by atoms with Crippen LogP contribution < -0.4 is 4.90 Å². The largest absolute Gasteiger partial charge is 0.368 e. The first-order chi connectivity index (χ1) is 18.6. The summed E-state index contributed by atoms with van der Waals surface area (Å²) in [6, 6.07) is 18.3. The van der Waals surface area contributed by atoms with Gasteiger partial charge in [-0.2, -0.15) is 4.31 Å². The molecule has 206 valence electrons. The second-order valence-electron chi connectivity index (χ2n) is 10.1. The van der Waals surface area contributed by atoms with E-state index < -0.39 is 15.9 Å². The molecule has 3 aromatic carbocycles. The molecule has 0 N–H and O–H groups in total. The highest BCUT2D eigenvalue weighted by molar-refractivity contribution is 7.89. The lowest BCUT2D eigenvalue weighted by atomic mass is 9.80. The molecule has 2 atom stereocenters. The molecule has 0 aliphatic carbocycles. The van der Waals surface area contributed by atoms with Gasteiger partial charge in [-0.25, -0.2) is 12.8 Å². The second-order valence-corrected chi connectivity index (χ2v) is 12.8. The molecule has 0 bridgehead atoms. The quantitative estimate of drug-likeness (QED) is 0.389. The third-order valence-electron chi connectivity index (χ3n) is 7.75. The van der Waals surface area contributed by atoms with Crippen LogP contribution in [0.15, 0.2) is 71.6 Å². The van der Waals surface area contributed by atoms with Gasteiger partial charge < -0.3 is 9.80 Å². The Labute approximate surface area is 239 Å². The predicted molar refractivity (Wildman–Crippen MR) is 152 cm³/mol. The van der Waals surface area contributed by atoms with E-state index in [1.54, 1.807) is 30.3 Å². The number of rotatable bonds is 5. The van der Waals surface area contributed by atoms with E-state index in [2.05, 4.69) is 4.90 Å². The van der Waals surface area contributed by atoms with Crippen molar-refractivity contribution < 1.29 is 17.6 Å². The van der Waals surface area contributed by atoms with Crippen LogP contribution in [0.4, 0.5) is 10.1 Å². The number of anilines is 1. The summed E-state index contributed by atoms with van der Waals surface area (Å²) in [5, 5.41) is 0.812. The number of piperazine rings is 1. The van der Waals surface area contributed by atoms with Crippen molar-refractivity contribution in [2.75, 3.05) is 44.2 Å². The van der Waals surface area contributed by atoms with Crippen LogP contribution in [0.25, 0.3) is 0 Å². The van der Waals surface area contributed by atoms with E-state index in [-0.39, 0.29) is 40.6 Å². The maximum Gasteiger partial charge on any atom is 0.244 e. The topological polar surface area (TPSA) is 60.9 Å². The van der Waals surface area contributed by atoms with Gasteiger partial charge >= 0.3 is 0 Å². The lowest BCUT2D eigenvalue weighted by molar-refractivity contribution is -0.137. The van der Waals surface area contributed by atoms with Crippen LogP contribution in [0.2, 0.25) is 10.0 Å². The molecule has 0 saturated carbocycles. The average molecular weight is 591 g/mol. The Kier molecular flexibility index (Phi) is 8.19. The molecule has 2 heterocycles. The maximum atomic E-state index is 14.0. The number of sulfonamides is 1. The summed E-state index contributed by atoms with van der Waals surface area (Å²) < 4.78 is 42.1. The van der Waals surface area contributed by atoms with Gasteiger partial charge in [-0.05, 0) is 66.8 Å². The van der Waals surface area contributed by atoms with Crippen molar-refractivity contribution in [1.82, 2.24) is 9.21 Å². The highest BCUT2D eigenvalue weighted by Crippen LogP contribution is 2.38. The van der Waals surface area contributed by atoms with Crippen molar-refractivity contribution in [3.8, 4) is 0 Å². The summed E-state index contributed by atoms with van der Waals surface area (Å²) in [4.78, 5) is 18.1. The monoisotopic (exact) mass is 589 g/mol. The second kappa shape index (κ2) is 11.5. The molecule has 2 aliphatic rings. The zero-order valence-corrected chi connectivity index (χ0v) is 23.9. The van der Waals surface area contributed by atoms with Crippen LogP contribution in [0.3, 0.4) is 0 Å². The van der Waals surface area contributed by atoms with Crippen molar-refractivity contribution >= 4 is 44.8 Å². The summed E-state index contributed by atoms with van der Waals surface area (Å²) >= 11 is 12.5. The van der Waals surface area contributed by atoms with E-state index in [4.69, 9.17) is 23.2 Å². The van der Waals surface area contributed by atoms with E-state index in [1.165, 1.54) is 22.5 Å². The van der Waals surface area contributed by atoms with Crippen LogP contribution in [0, 0.1) is 18.7 Å². The minimum absolute atomic E-state index is 0.0298. The number of aryl methyl sites for hydroxylation is 1.